The van der Waals surface area contributed by atoms with E-state index in [0.717, 1.165) is 17.7 Å². The Morgan fingerprint density at radius 1 is 1.00 bits per heavy atom. The number of nitrogens with one attached hydrogen (secondary N) is 1. The summed E-state index contributed by atoms with van der Waals surface area (Å²) in [5.41, 5.74) is -2.71. The fraction of sp³-hybridized carbons (Fsp3) is 0.480. The zero-order valence-corrected chi connectivity index (χ0v) is 20.0. The summed E-state index contributed by atoms with van der Waals surface area (Å²) in [6, 6.07) is 11.1. The first-order valence-electron chi connectivity index (χ1n) is 11.9. The van der Waals surface area contributed by atoms with Crippen LogP contribution in [-0.2, 0) is 29.7 Å². The number of hydrogen-bond donors (Lipinski definition) is 1. The molecule has 37 heavy (non-hydrogen) atoms. The minimum Gasteiger partial charge on any atom is -0.368 e. The van der Waals surface area contributed by atoms with Gasteiger partial charge in [0.1, 0.15) is 0 Å². The third kappa shape index (κ3) is 4.84. The van der Waals surface area contributed by atoms with Crippen molar-refractivity contribution in [2.75, 3.05) is 0 Å². The number of fused-ring (bicyclic) bond motifs is 2. The first kappa shape index (κ1) is 25.7. The van der Waals surface area contributed by atoms with Gasteiger partial charge in [0.2, 0.25) is 0 Å². The van der Waals surface area contributed by atoms with Crippen LogP contribution in [0.4, 0.5) is 26.3 Å². The molecule has 198 valence electrons. The SMILES string of the molecule is C[C@H](O[C@@H]1CC[C@@H]2N[C@@]1(c1ccccc1)C[C@H]2c1nnn(C)n1)c1cc(C(F)(F)F)cc(C(F)(F)F)c1. The maximum Gasteiger partial charge on any atom is 0.416 e. The first-order chi connectivity index (χ1) is 17.4. The highest BCUT2D eigenvalue weighted by Gasteiger charge is 2.56. The minimum absolute atomic E-state index is 0.0185. The number of piperidine rings is 1. The van der Waals surface area contributed by atoms with Crippen molar-refractivity contribution >= 4 is 0 Å². The summed E-state index contributed by atoms with van der Waals surface area (Å²) < 4.78 is 86.9. The van der Waals surface area contributed by atoms with Crippen molar-refractivity contribution in [2.24, 2.45) is 7.05 Å². The summed E-state index contributed by atoms with van der Waals surface area (Å²) in [5.74, 6) is 0.502. The lowest BCUT2D eigenvalue weighted by atomic mass is 9.79. The standard InChI is InChI=1S/C25H25F6N5O/c1-14(15-10-17(24(26,27)28)12-18(11-15)25(29,30)31)37-21-9-8-20-19(22-33-35-36(2)34-22)13-23(21,32-20)16-6-4-3-5-7-16/h3-7,10-12,14,19-21,32H,8-9,13H2,1-2H3/t14-,19+,20-,21+,23+/m0/s1. The number of nitrogens with zero attached hydrogens (tertiary/aromatic N) is 4. The number of alkyl halides is 6. The zero-order valence-electron chi connectivity index (χ0n) is 20.0. The average molecular weight is 525 g/mol. The van der Waals surface area contributed by atoms with Gasteiger partial charge in [-0.25, -0.2) is 0 Å². The van der Waals surface area contributed by atoms with E-state index >= 15 is 0 Å². The van der Waals surface area contributed by atoms with Gasteiger partial charge in [0, 0.05) is 12.0 Å². The van der Waals surface area contributed by atoms with Crippen molar-refractivity contribution in [1.29, 1.82) is 0 Å². The van der Waals surface area contributed by atoms with Crippen LogP contribution in [0, 0.1) is 0 Å². The summed E-state index contributed by atoms with van der Waals surface area (Å²) in [6.45, 7) is 1.48. The zero-order chi connectivity index (χ0) is 26.6. The second kappa shape index (κ2) is 9.09. The monoisotopic (exact) mass is 525 g/mol. The molecule has 3 heterocycles. The molecule has 0 radical (unpaired) electrons. The van der Waals surface area contributed by atoms with E-state index in [1.165, 1.54) is 11.7 Å². The van der Waals surface area contributed by atoms with Gasteiger partial charge in [0.25, 0.3) is 0 Å². The van der Waals surface area contributed by atoms with Gasteiger partial charge in [0.15, 0.2) is 5.82 Å². The first-order valence-corrected chi connectivity index (χ1v) is 11.9. The van der Waals surface area contributed by atoms with Gasteiger partial charge in [-0.2, -0.15) is 31.1 Å². The number of aromatic nitrogens is 4. The van der Waals surface area contributed by atoms with Gasteiger partial charge >= 0.3 is 12.4 Å². The molecule has 2 saturated heterocycles. The summed E-state index contributed by atoms with van der Waals surface area (Å²) in [5, 5.41) is 16.2. The third-order valence-corrected chi connectivity index (χ3v) is 7.35. The number of benzene rings is 2. The van der Waals surface area contributed by atoms with Crippen molar-refractivity contribution in [1.82, 2.24) is 25.5 Å². The molecule has 5 rings (SSSR count). The van der Waals surface area contributed by atoms with Crippen LogP contribution in [0.1, 0.15) is 66.3 Å². The highest BCUT2D eigenvalue weighted by atomic mass is 19.4. The quantitative estimate of drug-likeness (QED) is 0.444. The smallest absolute Gasteiger partial charge is 0.368 e. The molecule has 3 aromatic rings. The van der Waals surface area contributed by atoms with Crippen LogP contribution in [-0.4, -0.2) is 32.4 Å². The van der Waals surface area contributed by atoms with E-state index in [4.69, 9.17) is 4.74 Å². The Morgan fingerprint density at radius 3 is 2.22 bits per heavy atom. The molecular formula is C25H25F6N5O. The molecule has 0 saturated carbocycles. The number of ether oxygens (including phenoxy) is 1. The van der Waals surface area contributed by atoms with Gasteiger partial charge in [0.05, 0.1) is 35.9 Å². The Balaban J connectivity index is 1.50. The Hall–Kier alpha value is -2.99. The Bertz CT molecular complexity index is 1230. The molecule has 2 aliphatic rings. The van der Waals surface area contributed by atoms with Crippen LogP contribution in [0.15, 0.2) is 48.5 Å². The molecular weight excluding hydrogens is 500 g/mol. The summed E-state index contributed by atoms with van der Waals surface area (Å²) >= 11 is 0. The van der Waals surface area contributed by atoms with E-state index in [9.17, 15) is 26.3 Å². The molecule has 2 aliphatic heterocycles. The van der Waals surface area contributed by atoms with Gasteiger partial charge in [-0.3, -0.25) is 0 Å². The maximum atomic E-state index is 13.4. The van der Waals surface area contributed by atoms with E-state index in [-0.39, 0.29) is 23.6 Å². The molecule has 2 bridgehead atoms. The van der Waals surface area contributed by atoms with Crippen molar-refractivity contribution in [3.63, 3.8) is 0 Å². The van der Waals surface area contributed by atoms with Gasteiger partial charge < -0.3 is 10.1 Å². The predicted molar refractivity (Wildman–Crippen MR) is 120 cm³/mol. The fourth-order valence-electron chi connectivity index (χ4n) is 5.62. The Kier molecular flexibility index (Phi) is 6.30. The molecule has 1 aromatic heterocycles. The molecule has 0 amide bonds. The number of halogens is 6. The van der Waals surface area contributed by atoms with Crippen molar-refractivity contribution < 1.29 is 31.1 Å². The van der Waals surface area contributed by atoms with Crippen molar-refractivity contribution in [2.45, 2.75) is 68.2 Å². The van der Waals surface area contributed by atoms with Crippen LogP contribution >= 0.6 is 0 Å². The number of hydrogen-bond acceptors (Lipinski definition) is 5. The van der Waals surface area contributed by atoms with Crippen molar-refractivity contribution in [3.8, 4) is 0 Å². The number of tetrazole rings is 1. The summed E-state index contributed by atoms with van der Waals surface area (Å²) in [7, 11) is 1.68. The fourth-order valence-corrected chi connectivity index (χ4v) is 5.62. The summed E-state index contributed by atoms with van der Waals surface area (Å²) in [6.07, 6.45) is -9.63. The van der Waals surface area contributed by atoms with Crippen LogP contribution in [0.3, 0.4) is 0 Å². The second-order valence-electron chi connectivity index (χ2n) is 9.72. The van der Waals surface area contributed by atoms with Crippen molar-refractivity contribution in [3.05, 3.63) is 76.6 Å². The minimum atomic E-state index is -4.93. The van der Waals surface area contributed by atoms with E-state index in [2.05, 4.69) is 20.7 Å². The normalized spacial score (nSPS) is 26.9. The van der Waals surface area contributed by atoms with Crippen LogP contribution < -0.4 is 5.32 Å². The molecule has 1 N–H and O–H groups in total. The lowest BCUT2D eigenvalue weighted by Crippen LogP contribution is -2.54. The third-order valence-electron chi connectivity index (χ3n) is 7.35. The van der Waals surface area contributed by atoms with Crippen LogP contribution in [0.2, 0.25) is 0 Å². The molecule has 6 nitrogen and oxygen atoms in total. The maximum absolute atomic E-state index is 13.4. The lowest BCUT2D eigenvalue weighted by molar-refractivity contribution is -0.143. The van der Waals surface area contributed by atoms with E-state index in [0.29, 0.717) is 25.1 Å². The number of rotatable bonds is 5. The van der Waals surface area contributed by atoms with E-state index in [1.807, 2.05) is 30.3 Å². The highest BCUT2D eigenvalue weighted by molar-refractivity contribution is 5.36. The Morgan fingerprint density at radius 2 is 1.65 bits per heavy atom. The van der Waals surface area contributed by atoms with E-state index < -0.39 is 41.2 Å². The van der Waals surface area contributed by atoms with Crippen LogP contribution in [0.25, 0.3) is 0 Å². The highest BCUT2D eigenvalue weighted by Crippen LogP contribution is 2.51. The Labute approximate surface area is 209 Å². The van der Waals surface area contributed by atoms with Gasteiger partial charge in [-0.05, 0) is 60.7 Å². The van der Waals surface area contributed by atoms with E-state index in [1.54, 1.807) is 7.05 Å². The summed E-state index contributed by atoms with van der Waals surface area (Å²) in [4.78, 5) is 1.38. The molecule has 0 spiro atoms. The largest absolute Gasteiger partial charge is 0.416 e. The topological polar surface area (TPSA) is 64.9 Å². The molecule has 2 aromatic carbocycles. The second-order valence-corrected chi connectivity index (χ2v) is 9.72. The average Bonchev–Trinajstić information content (AvgIpc) is 3.41. The molecule has 0 aliphatic carbocycles. The molecule has 0 unspecified atom stereocenters. The predicted octanol–water partition coefficient (Wildman–Crippen LogP) is 5.53. The van der Waals surface area contributed by atoms with Gasteiger partial charge in [-0.15, -0.1) is 10.2 Å². The molecule has 2 fully saturated rings. The lowest BCUT2D eigenvalue weighted by Gasteiger charge is -2.43. The van der Waals surface area contributed by atoms with Gasteiger partial charge in [-0.1, -0.05) is 30.3 Å². The van der Waals surface area contributed by atoms with Crippen LogP contribution in [0.5, 0.6) is 0 Å². The number of aryl methyl sites for hydroxylation is 1. The molecule has 5 atom stereocenters. The molecule has 12 heteroatoms.